The average molecular weight is 336 g/mol. The summed E-state index contributed by atoms with van der Waals surface area (Å²) in [5.41, 5.74) is 1.99. The van der Waals surface area contributed by atoms with E-state index in [4.69, 9.17) is 26.4 Å². The van der Waals surface area contributed by atoms with E-state index in [0.717, 1.165) is 5.56 Å². The molecule has 1 aliphatic rings. The van der Waals surface area contributed by atoms with Gasteiger partial charge in [-0.15, -0.1) is 0 Å². The molecule has 23 heavy (non-hydrogen) atoms. The number of carbonyl (C=O) groups is 1. The third-order valence-corrected chi connectivity index (χ3v) is 3.73. The fourth-order valence-electron chi connectivity index (χ4n) is 2.46. The molecular weight excluding hydrogens is 316 g/mol. The van der Waals surface area contributed by atoms with Gasteiger partial charge in [0, 0.05) is 5.70 Å². The molecule has 0 saturated carbocycles. The molecule has 1 aromatic rings. The Bertz CT molecular complexity index is 657. The fourth-order valence-corrected chi connectivity index (χ4v) is 2.73. The van der Waals surface area contributed by atoms with Crippen molar-refractivity contribution in [1.29, 1.82) is 0 Å². The molecule has 0 bridgehead atoms. The summed E-state index contributed by atoms with van der Waals surface area (Å²) in [5.74, 6) is 0.815. The van der Waals surface area contributed by atoms with E-state index in [1.165, 1.54) is 0 Å². The van der Waals surface area contributed by atoms with Crippen LogP contribution in [0.5, 0.6) is 11.5 Å². The van der Waals surface area contributed by atoms with Gasteiger partial charge in [-0.1, -0.05) is 6.07 Å². The van der Waals surface area contributed by atoms with Gasteiger partial charge < -0.3 is 24.8 Å². The first kappa shape index (κ1) is 17.1. The van der Waals surface area contributed by atoms with E-state index in [2.05, 4.69) is 10.6 Å². The summed E-state index contributed by atoms with van der Waals surface area (Å²) in [6, 6.07) is 5.05. The van der Waals surface area contributed by atoms with Crippen molar-refractivity contribution in [2.75, 3.05) is 20.8 Å². The predicted molar refractivity (Wildman–Crippen MR) is 90.5 cm³/mol. The lowest BCUT2D eigenvalue weighted by molar-refractivity contribution is -0.139. The van der Waals surface area contributed by atoms with Crippen molar-refractivity contribution in [2.24, 2.45) is 0 Å². The number of hydrogen-bond acceptors (Lipinski definition) is 5. The smallest absolute Gasteiger partial charge is 0.338 e. The zero-order chi connectivity index (χ0) is 17.0. The Morgan fingerprint density at radius 3 is 2.57 bits per heavy atom. The second kappa shape index (κ2) is 7.32. The van der Waals surface area contributed by atoms with Gasteiger partial charge in [0.2, 0.25) is 0 Å². The van der Waals surface area contributed by atoms with Crippen molar-refractivity contribution in [3.63, 3.8) is 0 Å². The lowest BCUT2D eigenvalue weighted by atomic mass is 9.95. The van der Waals surface area contributed by atoms with Crippen LogP contribution in [-0.2, 0) is 9.53 Å². The first-order chi connectivity index (χ1) is 11.0. The molecule has 1 aliphatic heterocycles. The number of nitrogens with one attached hydrogen (secondary N) is 2. The second-order valence-corrected chi connectivity index (χ2v) is 5.31. The molecule has 1 atom stereocenters. The van der Waals surface area contributed by atoms with Gasteiger partial charge in [0.05, 0.1) is 32.4 Å². The van der Waals surface area contributed by atoms with Crippen molar-refractivity contribution in [2.45, 2.75) is 19.9 Å². The van der Waals surface area contributed by atoms with Gasteiger partial charge in [0.1, 0.15) is 0 Å². The molecule has 124 valence electrons. The van der Waals surface area contributed by atoms with E-state index in [-0.39, 0.29) is 5.97 Å². The van der Waals surface area contributed by atoms with Crippen molar-refractivity contribution in [1.82, 2.24) is 10.6 Å². The van der Waals surface area contributed by atoms with Gasteiger partial charge in [-0.3, -0.25) is 0 Å². The largest absolute Gasteiger partial charge is 0.493 e. The number of methoxy groups -OCH3 is 2. The molecule has 0 aliphatic carbocycles. The number of rotatable bonds is 5. The van der Waals surface area contributed by atoms with E-state index in [9.17, 15) is 4.79 Å². The summed E-state index contributed by atoms with van der Waals surface area (Å²) in [5, 5.41) is 6.52. The Balaban J connectivity index is 2.47. The van der Waals surface area contributed by atoms with Gasteiger partial charge >= 0.3 is 5.97 Å². The summed E-state index contributed by atoms with van der Waals surface area (Å²) < 4.78 is 15.7. The lowest BCUT2D eigenvalue weighted by Gasteiger charge is -2.30. The minimum atomic E-state index is -0.414. The van der Waals surface area contributed by atoms with E-state index in [0.29, 0.717) is 34.5 Å². The number of hydrogen-bond donors (Lipinski definition) is 2. The van der Waals surface area contributed by atoms with Crippen LogP contribution in [-0.4, -0.2) is 31.9 Å². The molecule has 1 heterocycles. The Morgan fingerprint density at radius 2 is 1.96 bits per heavy atom. The summed E-state index contributed by atoms with van der Waals surface area (Å²) in [6.07, 6.45) is 0. The van der Waals surface area contributed by atoms with Crippen molar-refractivity contribution >= 4 is 23.3 Å². The lowest BCUT2D eigenvalue weighted by Crippen LogP contribution is -2.45. The topological polar surface area (TPSA) is 68.8 Å². The highest BCUT2D eigenvalue weighted by Gasteiger charge is 2.31. The molecule has 0 unspecified atom stereocenters. The van der Waals surface area contributed by atoms with Gasteiger partial charge in [-0.05, 0) is 43.8 Å². The van der Waals surface area contributed by atoms with Crippen molar-refractivity contribution in [3.8, 4) is 11.5 Å². The molecule has 0 saturated heterocycles. The van der Waals surface area contributed by atoms with E-state index in [1.54, 1.807) is 34.1 Å². The molecule has 1 aromatic carbocycles. The minimum Gasteiger partial charge on any atom is -0.493 e. The number of allylic oxidation sites excluding steroid dienone is 1. The minimum absolute atomic E-state index is 0.304. The molecule has 0 fully saturated rings. The first-order valence-corrected chi connectivity index (χ1v) is 7.60. The highest BCUT2D eigenvalue weighted by Crippen LogP contribution is 2.34. The van der Waals surface area contributed by atoms with E-state index < -0.39 is 6.04 Å². The number of ether oxygens (including phenoxy) is 3. The molecule has 0 amide bonds. The Kier molecular flexibility index (Phi) is 5.44. The van der Waals surface area contributed by atoms with Gasteiger partial charge in [-0.25, -0.2) is 4.79 Å². The average Bonchev–Trinajstić information content (AvgIpc) is 2.53. The van der Waals surface area contributed by atoms with Crippen molar-refractivity contribution < 1.29 is 19.0 Å². The molecule has 7 heteroatoms. The Labute approximate surface area is 140 Å². The fraction of sp³-hybridized carbons (Fsp3) is 0.375. The molecule has 2 N–H and O–H groups in total. The summed E-state index contributed by atoms with van der Waals surface area (Å²) >= 11 is 5.21. The number of benzene rings is 1. The van der Waals surface area contributed by atoms with E-state index in [1.807, 2.05) is 12.1 Å². The zero-order valence-electron chi connectivity index (χ0n) is 13.6. The van der Waals surface area contributed by atoms with Crippen LogP contribution in [0.15, 0.2) is 29.5 Å². The first-order valence-electron chi connectivity index (χ1n) is 7.19. The molecule has 0 aromatic heterocycles. The summed E-state index contributed by atoms with van der Waals surface area (Å²) in [6.45, 7) is 3.87. The van der Waals surface area contributed by atoms with Crippen LogP contribution in [0, 0.1) is 0 Å². The summed E-state index contributed by atoms with van der Waals surface area (Å²) in [4.78, 5) is 12.3. The van der Waals surface area contributed by atoms with Gasteiger partial charge in [-0.2, -0.15) is 0 Å². The summed E-state index contributed by atoms with van der Waals surface area (Å²) in [7, 11) is 3.14. The number of thiocarbonyl (C=S) groups is 1. The van der Waals surface area contributed by atoms with Crippen LogP contribution in [0.4, 0.5) is 0 Å². The highest BCUT2D eigenvalue weighted by atomic mass is 32.1. The molecule has 0 spiro atoms. The maximum Gasteiger partial charge on any atom is 0.338 e. The normalized spacial score (nSPS) is 17.2. The van der Waals surface area contributed by atoms with Crippen LogP contribution >= 0.6 is 12.2 Å². The molecule has 0 radical (unpaired) electrons. The Hall–Kier alpha value is -2.28. The van der Waals surface area contributed by atoms with Crippen LogP contribution in [0.2, 0.25) is 0 Å². The Morgan fingerprint density at radius 1 is 1.26 bits per heavy atom. The SMILES string of the molecule is CCOC(=O)C1=C(C)NC(=S)N[C@@H]1c1ccc(OC)c(OC)c1. The van der Waals surface area contributed by atoms with Crippen molar-refractivity contribution in [3.05, 3.63) is 35.0 Å². The third kappa shape index (κ3) is 3.56. The second-order valence-electron chi connectivity index (χ2n) is 4.91. The van der Waals surface area contributed by atoms with Gasteiger partial charge in [0.25, 0.3) is 0 Å². The van der Waals surface area contributed by atoms with E-state index >= 15 is 0 Å². The highest BCUT2D eigenvalue weighted by molar-refractivity contribution is 7.80. The molecule has 2 rings (SSSR count). The van der Waals surface area contributed by atoms with Crippen LogP contribution in [0.3, 0.4) is 0 Å². The van der Waals surface area contributed by atoms with Crippen LogP contribution in [0.25, 0.3) is 0 Å². The maximum atomic E-state index is 12.3. The standard InChI is InChI=1S/C16H20N2O4S/c1-5-22-15(19)13-9(2)17-16(23)18-14(13)10-6-7-11(20-3)12(8-10)21-4/h6-8,14H,5H2,1-4H3,(H2,17,18,23)/t14-/m1/s1. The predicted octanol–water partition coefficient (Wildman–Crippen LogP) is 2.06. The molecular formula is C16H20N2O4S. The molecule has 6 nitrogen and oxygen atoms in total. The van der Waals surface area contributed by atoms with Gasteiger partial charge in [0.15, 0.2) is 16.6 Å². The third-order valence-electron chi connectivity index (χ3n) is 3.51. The monoisotopic (exact) mass is 336 g/mol. The van der Waals surface area contributed by atoms with Crippen LogP contribution in [0.1, 0.15) is 25.5 Å². The number of carbonyl (C=O) groups excluding carboxylic acids is 1. The van der Waals surface area contributed by atoms with Crippen LogP contribution < -0.4 is 20.1 Å². The maximum absolute atomic E-state index is 12.3. The number of esters is 1. The quantitative estimate of drug-likeness (QED) is 0.630. The zero-order valence-corrected chi connectivity index (χ0v) is 14.4.